The highest BCUT2D eigenvalue weighted by atomic mass is 79.9. The van der Waals surface area contributed by atoms with Gasteiger partial charge in [0.2, 0.25) is 5.91 Å². The molecule has 2 aromatic rings. The van der Waals surface area contributed by atoms with E-state index in [1.54, 1.807) is 0 Å². The molecule has 110 valence electrons. The zero-order valence-electron chi connectivity index (χ0n) is 12.9. The molecule has 1 amide bonds. The van der Waals surface area contributed by atoms with Gasteiger partial charge in [-0.15, -0.1) is 0 Å². The largest absolute Gasteiger partial charge is 0.325 e. The smallest absolute Gasteiger partial charge is 0.228 e. The van der Waals surface area contributed by atoms with E-state index in [0.29, 0.717) is 6.42 Å². The van der Waals surface area contributed by atoms with Crippen molar-refractivity contribution >= 4 is 27.5 Å². The number of carbonyl (C=O) groups is 1. The molecule has 0 aromatic heterocycles. The topological polar surface area (TPSA) is 29.1 Å². The van der Waals surface area contributed by atoms with Gasteiger partial charge < -0.3 is 5.32 Å². The van der Waals surface area contributed by atoms with Gasteiger partial charge in [-0.2, -0.15) is 0 Å². The van der Waals surface area contributed by atoms with E-state index < -0.39 is 0 Å². The molecule has 0 aliphatic carbocycles. The first-order valence-electron chi connectivity index (χ1n) is 6.99. The van der Waals surface area contributed by atoms with Crippen molar-refractivity contribution in [3.8, 4) is 0 Å². The normalized spacial score (nSPS) is 10.5. The lowest BCUT2D eigenvalue weighted by molar-refractivity contribution is -0.115. The van der Waals surface area contributed by atoms with Crippen molar-refractivity contribution in [1.29, 1.82) is 0 Å². The van der Waals surface area contributed by atoms with E-state index in [-0.39, 0.29) is 5.91 Å². The standard InChI is InChI=1S/C18H20BrNO/c1-11-5-6-15(7-12(11)2)10-17(21)20-18-13(3)8-16(19)9-14(18)4/h5-9H,10H2,1-4H3,(H,20,21). The number of carbonyl (C=O) groups excluding carboxylic acids is 1. The molecular formula is C18H20BrNO. The lowest BCUT2D eigenvalue weighted by atomic mass is 10.0. The Balaban J connectivity index is 2.13. The average molecular weight is 346 g/mol. The Hall–Kier alpha value is -1.61. The molecule has 1 N–H and O–H groups in total. The molecule has 0 bridgehead atoms. The summed E-state index contributed by atoms with van der Waals surface area (Å²) in [6.45, 7) is 8.15. The van der Waals surface area contributed by atoms with Crippen LogP contribution in [-0.2, 0) is 11.2 Å². The second-order valence-electron chi connectivity index (χ2n) is 5.56. The van der Waals surface area contributed by atoms with Crippen molar-refractivity contribution < 1.29 is 4.79 Å². The molecule has 0 aliphatic heterocycles. The molecule has 0 fully saturated rings. The van der Waals surface area contributed by atoms with Crippen LogP contribution in [0.1, 0.15) is 27.8 Å². The molecule has 0 radical (unpaired) electrons. The van der Waals surface area contributed by atoms with Gasteiger partial charge in [0.15, 0.2) is 0 Å². The first kappa shape index (κ1) is 15.8. The summed E-state index contributed by atoms with van der Waals surface area (Å²) in [5.41, 5.74) is 6.55. The lowest BCUT2D eigenvalue weighted by Crippen LogP contribution is -2.16. The molecule has 3 heteroatoms. The zero-order valence-corrected chi connectivity index (χ0v) is 14.5. The van der Waals surface area contributed by atoms with Crippen LogP contribution in [0, 0.1) is 27.7 Å². The van der Waals surface area contributed by atoms with E-state index in [2.05, 4.69) is 47.2 Å². The summed E-state index contributed by atoms with van der Waals surface area (Å²) in [6, 6.07) is 10.2. The molecular weight excluding hydrogens is 326 g/mol. The Morgan fingerprint density at radius 3 is 2.14 bits per heavy atom. The number of rotatable bonds is 3. The summed E-state index contributed by atoms with van der Waals surface area (Å²) in [5, 5.41) is 3.03. The third-order valence-corrected chi connectivity index (χ3v) is 4.16. The van der Waals surface area contributed by atoms with Crippen LogP contribution >= 0.6 is 15.9 Å². The van der Waals surface area contributed by atoms with Gasteiger partial charge >= 0.3 is 0 Å². The highest BCUT2D eigenvalue weighted by molar-refractivity contribution is 9.10. The Labute approximate surface area is 134 Å². The van der Waals surface area contributed by atoms with Gasteiger partial charge in [-0.25, -0.2) is 0 Å². The van der Waals surface area contributed by atoms with E-state index in [1.807, 2.05) is 32.0 Å². The van der Waals surface area contributed by atoms with Crippen LogP contribution in [0.3, 0.4) is 0 Å². The fourth-order valence-corrected chi connectivity index (χ4v) is 3.08. The molecule has 0 heterocycles. The minimum absolute atomic E-state index is 0.0202. The second kappa shape index (κ2) is 6.44. The monoisotopic (exact) mass is 345 g/mol. The molecule has 0 spiro atoms. The second-order valence-corrected chi connectivity index (χ2v) is 6.47. The highest BCUT2D eigenvalue weighted by Crippen LogP contribution is 2.25. The predicted octanol–water partition coefficient (Wildman–Crippen LogP) is 4.86. The van der Waals surface area contributed by atoms with Gasteiger partial charge in [0.25, 0.3) is 0 Å². The first-order valence-corrected chi connectivity index (χ1v) is 7.79. The van der Waals surface area contributed by atoms with Gasteiger partial charge in [-0.3, -0.25) is 4.79 Å². The maximum Gasteiger partial charge on any atom is 0.228 e. The van der Waals surface area contributed by atoms with Crippen LogP contribution in [0.15, 0.2) is 34.8 Å². The van der Waals surface area contributed by atoms with Gasteiger partial charge in [0, 0.05) is 10.2 Å². The molecule has 0 aliphatic rings. The number of hydrogen-bond acceptors (Lipinski definition) is 1. The van der Waals surface area contributed by atoms with Crippen LogP contribution in [0.4, 0.5) is 5.69 Å². The van der Waals surface area contributed by atoms with E-state index in [4.69, 9.17) is 0 Å². The number of anilines is 1. The number of nitrogens with one attached hydrogen (secondary N) is 1. The highest BCUT2D eigenvalue weighted by Gasteiger charge is 2.09. The molecule has 21 heavy (non-hydrogen) atoms. The van der Waals surface area contributed by atoms with Crippen LogP contribution in [0.5, 0.6) is 0 Å². The fraction of sp³-hybridized carbons (Fsp3) is 0.278. The van der Waals surface area contributed by atoms with Gasteiger partial charge in [0.05, 0.1) is 6.42 Å². The third-order valence-electron chi connectivity index (χ3n) is 3.70. The lowest BCUT2D eigenvalue weighted by Gasteiger charge is -2.13. The van der Waals surface area contributed by atoms with Gasteiger partial charge in [-0.1, -0.05) is 34.1 Å². The van der Waals surface area contributed by atoms with Crippen molar-refractivity contribution in [2.45, 2.75) is 34.1 Å². The van der Waals surface area contributed by atoms with Crippen molar-refractivity contribution in [1.82, 2.24) is 0 Å². The quantitative estimate of drug-likeness (QED) is 0.845. The van der Waals surface area contributed by atoms with Crippen LogP contribution in [0.2, 0.25) is 0 Å². The summed E-state index contributed by atoms with van der Waals surface area (Å²) in [6.07, 6.45) is 0.399. The van der Waals surface area contributed by atoms with E-state index >= 15 is 0 Å². The SMILES string of the molecule is Cc1ccc(CC(=O)Nc2c(C)cc(Br)cc2C)cc1C. The third kappa shape index (κ3) is 3.94. The molecule has 0 saturated heterocycles. The van der Waals surface area contributed by atoms with Crippen molar-refractivity contribution in [3.63, 3.8) is 0 Å². The number of amides is 1. The fourth-order valence-electron chi connectivity index (χ4n) is 2.39. The molecule has 2 aromatic carbocycles. The number of hydrogen-bond donors (Lipinski definition) is 1. The molecule has 0 saturated carbocycles. The summed E-state index contributed by atoms with van der Waals surface area (Å²) in [7, 11) is 0. The van der Waals surface area contributed by atoms with E-state index in [1.165, 1.54) is 11.1 Å². The minimum Gasteiger partial charge on any atom is -0.325 e. The van der Waals surface area contributed by atoms with Gasteiger partial charge in [-0.05, 0) is 67.6 Å². The van der Waals surface area contributed by atoms with Crippen LogP contribution in [-0.4, -0.2) is 5.91 Å². The molecule has 2 nitrogen and oxygen atoms in total. The van der Waals surface area contributed by atoms with Crippen molar-refractivity contribution in [2.75, 3.05) is 5.32 Å². The van der Waals surface area contributed by atoms with Gasteiger partial charge in [0.1, 0.15) is 0 Å². The Bertz CT molecular complexity index is 669. The summed E-state index contributed by atoms with van der Waals surface area (Å²) >= 11 is 3.47. The predicted molar refractivity (Wildman–Crippen MR) is 91.9 cm³/mol. The summed E-state index contributed by atoms with van der Waals surface area (Å²) in [4.78, 5) is 12.2. The number of benzene rings is 2. The maximum atomic E-state index is 12.2. The Morgan fingerprint density at radius 1 is 0.952 bits per heavy atom. The molecule has 0 atom stereocenters. The number of aryl methyl sites for hydroxylation is 4. The van der Waals surface area contributed by atoms with E-state index in [0.717, 1.165) is 26.9 Å². The Kier molecular flexibility index (Phi) is 4.84. The number of halogens is 1. The minimum atomic E-state index is 0.0202. The molecule has 2 rings (SSSR count). The summed E-state index contributed by atoms with van der Waals surface area (Å²) in [5.74, 6) is 0.0202. The van der Waals surface area contributed by atoms with Crippen LogP contribution < -0.4 is 5.32 Å². The molecule has 0 unspecified atom stereocenters. The maximum absolute atomic E-state index is 12.2. The van der Waals surface area contributed by atoms with Crippen molar-refractivity contribution in [3.05, 3.63) is 62.6 Å². The average Bonchev–Trinajstić information content (AvgIpc) is 2.38. The van der Waals surface area contributed by atoms with Crippen LogP contribution in [0.25, 0.3) is 0 Å². The first-order chi connectivity index (χ1) is 9.86. The Morgan fingerprint density at radius 2 is 1.57 bits per heavy atom. The zero-order chi connectivity index (χ0) is 15.6. The van der Waals surface area contributed by atoms with E-state index in [9.17, 15) is 4.79 Å². The summed E-state index contributed by atoms with van der Waals surface area (Å²) < 4.78 is 1.03. The van der Waals surface area contributed by atoms with Crippen molar-refractivity contribution in [2.24, 2.45) is 0 Å².